The van der Waals surface area contributed by atoms with Crippen molar-refractivity contribution in [3.8, 4) is 0 Å². The van der Waals surface area contributed by atoms with Crippen LogP contribution in [0.15, 0.2) is 0 Å². The van der Waals surface area contributed by atoms with Gasteiger partial charge in [-0.3, -0.25) is 0 Å². The van der Waals surface area contributed by atoms with Gasteiger partial charge in [0.05, 0.1) is 6.10 Å². The molecule has 0 spiro atoms. The largest absolute Gasteiger partial charge is 0.392 e. The van der Waals surface area contributed by atoms with Gasteiger partial charge in [0.15, 0.2) is 0 Å². The van der Waals surface area contributed by atoms with E-state index in [4.69, 9.17) is 0 Å². The molecule has 0 heterocycles. The summed E-state index contributed by atoms with van der Waals surface area (Å²) in [5, 5.41) is 11.3. The normalized spacial score (nSPS) is 56.0. The van der Waals surface area contributed by atoms with E-state index in [9.17, 15) is 5.11 Å². The fourth-order valence-electron chi connectivity index (χ4n) is 7.41. The maximum absolute atomic E-state index is 11.3. The third-order valence-electron chi connectivity index (χ3n) is 7.45. The Balaban J connectivity index is 1.57. The highest BCUT2D eigenvalue weighted by Crippen LogP contribution is 2.67. The maximum Gasteiger partial charge on any atom is 0.0625 e. The molecule has 0 saturated heterocycles. The molecule has 4 bridgehead atoms. The molecular weight excluding hydrogens is 244 g/mol. The van der Waals surface area contributed by atoms with Gasteiger partial charge in [-0.05, 0) is 85.9 Å². The molecule has 1 nitrogen and oxygen atoms in total. The van der Waals surface area contributed by atoms with Crippen LogP contribution in [0.1, 0.15) is 78.1 Å². The maximum atomic E-state index is 11.3. The quantitative estimate of drug-likeness (QED) is 0.769. The van der Waals surface area contributed by atoms with Gasteiger partial charge in [0.2, 0.25) is 0 Å². The number of aliphatic hydroxyl groups is 1. The first-order valence-electron chi connectivity index (χ1n) is 9.16. The first-order valence-corrected chi connectivity index (χ1v) is 9.16. The van der Waals surface area contributed by atoms with E-state index >= 15 is 0 Å². The monoisotopic (exact) mass is 276 g/mol. The van der Waals surface area contributed by atoms with E-state index in [0.29, 0.717) is 16.7 Å². The second kappa shape index (κ2) is 4.48. The van der Waals surface area contributed by atoms with E-state index in [2.05, 4.69) is 13.8 Å². The third-order valence-corrected chi connectivity index (χ3v) is 7.45. The van der Waals surface area contributed by atoms with Gasteiger partial charge in [0.25, 0.3) is 0 Å². The Morgan fingerprint density at radius 2 is 1.70 bits per heavy atom. The van der Waals surface area contributed by atoms with Crippen molar-refractivity contribution in [3.05, 3.63) is 0 Å². The number of hydrogen-bond donors (Lipinski definition) is 1. The smallest absolute Gasteiger partial charge is 0.0625 e. The molecule has 0 radical (unpaired) electrons. The highest BCUT2D eigenvalue weighted by atomic mass is 16.3. The number of rotatable bonds is 2. The number of aliphatic hydroxyl groups excluding tert-OH is 1. The van der Waals surface area contributed by atoms with Crippen molar-refractivity contribution in [2.24, 2.45) is 34.5 Å². The van der Waals surface area contributed by atoms with E-state index in [0.717, 1.165) is 17.8 Å². The molecule has 5 aliphatic rings. The van der Waals surface area contributed by atoms with Gasteiger partial charge < -0.3 is 5.11 Å². The fraction of sp³-hybridized carbons (Fsp3) is 1.00. The van der Waals surface area contributed by atoms with Gasteiger partial charge in [0.1, 0.15) is 0 Å². The lowest BCUT2D eigenvalue weighted by molar-refractivity contribution is -0.170. The average Bonchev–Trinajstić information content (AvgIpc) is 2.35. The van der Waals surface area contributed by atoms with Crippen molar-refractivity contribution in [2.75, 3.05) is 0 Å². The molecule has 1 heteroatoms. The van der Waals surface area contributed by atoms with Gasteiger partial charge in [-0.1, -0.05) is 26.7 Å². The SMILES string of the molecule is CC1CCCC(C(O)C23CC4CC(CC(C)(C4)C2)C3)C1. The van der Waals surface area contributed by atoms with Crippen molar-refractivity contribution >= 4 is 0 Å². The molecule has 5 rings (SSSR count). The van der Waals surface area contributed by atoms with E-state index in [-0.39, 0.29) is 6.10 Å². The molecule has 5 atom stereocenters. The van der Waals surface area contributed by atoms with Crippen LogP contribution in [0.5, 0.6) is 0 Å². The lowest BCUT2D eigenvalue weighted by Crippen LogP contribution is -2.57. The van der Waals surface area contributed by atoms with Crippen molar-refractivity contribution in [1.29, 1.82) is 0 Å². The summed E-state index contributed by atoms with van der Waals surface area (Å²) < 4.78 is 0. The topological polar surface area (TPSA) is 20.2 Å². The molecule has 114 valence electrons. The zero-order valence-corrected chi connectivity index (χ0v) is 13.4. The first kappa shape index (κ1) is 13.6. The Morgan fingerprint density at radius 3 is 2.30 bits per heavy atom. The predicted molar refractivity (Wildman–Crippen MR) is 82.4 cm³/mol. The Bertz CT molecular complexity index is 373. The highest BCUT2D eigenvalue weighted by molar-refractivity contribution is 5.09. The highest BCUT2D eigenvalue weighted by Gasteiger charge is 2.59. The number of hydrogen-bond acceptors (Lipinski definition) is 1. The summed E-state index contributed by atoms with van der Waals surface area (Å²) in [4.78, 5) is 0. The van der Waals surface area contributed by atoms with Crippen molar-refractivity contribution in [1.82, 2.24) is 0 Å². The Hall–Kier alpha value is -0.0400. The van der Waals surface area contributed by atoms with Crippen LogP contribution < -0.4 is 0 Å². The van der Waals surface area contributed by atoms with Crippen molar-refractivity contribution < 1.29 is 5.11 Å². The fourth-order valence-corrected chi connectivity index (χ4v) is 7.41. The second-order valence-electron chi connectivity index (χ2n) is 9.61. The molecule has 0 aromatic heterocycles. The van der Waals surface area contributed by atoms with Crippen molar-refractivity contribution in [3.63, 3.8) is 0 Å². The van der Waals surface area contributed by atoms with Gasteiger partial charge in [-0.25, -0.2) is 0 Å². The van der Waals surface area contributed by atoms with Crippen LogP contribution in [-0.4, -0.2) is 11.2 Å². The van der Waals surface area contributed by atoms with E-state index in [1.54, 1.807) is 0 Å². The summed E-state index contributed by atoms with van der Waals surface area (Å²) in [6, 6.07) is 0. The molecule has 1 N–H and O–H groups in total. The average molecular weight is 276 g/mol. The summed E-state index contributed by atoms with van der Waals surface area (Å²) in [5.41, 5.74) is 0.895. The minimum Gasteiger partial charge on any atom is -0.392 e. The molecule has 20 heavy (non-hydrogen) atoms. The standard InChI is InChI=1S/C19H32O/c1-13-4-3-5-16(6-13)17(20)19-10-14-7-15(11-19)9-18(2,8-14)12-19/h13-17,20H,3-12H2,1-2H3. The summed E-state index contributed by atoms with van der Waals surface area (Å²) in [7, 11) is 0. The Labute approximate surface area is 124 Å². The lowest BCUT2D eigenvalue weighted by atomic mass is 9.42. The zero-order valence-electron chi connectivity index (χ0n) is 13.4. The molecular formula is C19H32O. The Kier molecular flexibility index (Phi) is 3.05. The van der Waals surface area contributed by atoms with Crippen LogP contribution in [0.4, 0.5) is 0 Å². The van der Waals surface area contributed by atoms with Gasteiger partial charge in [-0.15, -0.1) is 0 Å². The summed E-state index contributed by atoms with van der Waals surface area (Å²) >= 11 is 0. The molecule has 0 aliphatic heterocycles. The molecule has 5 aliphatic carbocycles. The van der Waals surface area contributed by atoms with Crippen LogP contribution in [0.3, 0.4) is 0 Å². The van der Waals surface area contributed by atoms with Crippen LogP contribution in [-0.2, 0) is 0 Å². The first-order chi connectivity index (χ1) is 9.48. The second-order valence-corrected chi connectivity index (χ2v) is 9.61. The molecule has 0 aromatic carbocycles. The summed E-state index contributed by atoms with van der Waals surface area (Å²) in [6.45, 7) is 4.91. The van der Waals surface area contributed by atoms with E-state index in [1.165, 1.54) is 64.2 Å². The molecule has 0 aromatic rings. The van der Waals surface area contributed by atoms with Crippen LogP contribution in [0.2, 0.25) is 0 Å². The van der Waals surface area contributed by atoms with E-state index in [1.807, 2.05) is 0 Å². The molecule has 5 unspecified atom stereocenters. The summed E-state index contributed by atoms with van der Waals surface area (Å²) in [5.74, 6) is 3.33. The van der Waals surface area contributed by atoms with Crippen LogP contribution in [0, 0.1) is 34.5 Å². The minimum atomic E-state index is 0.00970. The van der Waals surface area contributed by atoms with Crippen LogP contribution >= 0.6 is 0 Å². The van der Waals surface area contributed by atoms with Crippen molar-refractivity contribution in [2.45, 2.75) is 84.2 Å². The third kappa shape index (κ3) is 2.07. The Morgan fingerprint density at radius 1 is 1.00 bits per heavy atom. The molecule has 5 saturated carbocycles. The zero-order chi connectivity index (χ0) is 14.0. The van der Waals surface area contributed by atoms with Gasteiger partial charge in [-0.2, -0.15) is 0 Å². The van der Waals surface area contributed by atoms with E-state index < -0.39 is 0 Å². The van der Waals surface area contributed by atoms with Gasteiger partial charge in [0, 0.05) is 0 Å². The molecule has 0 amide bonds. The molecule has 5 fully saturated rings. The van der Waals surface area contributed by atoms with Gasteiger partial charge >= 0.3 is 0 Å². The van der Waals surface area contributed by atoms with Crippen LogP contribution in [0.25, 0.3) is 0 Å². The summed E-state index contributed by atoms with van der Waals surface area (Å²) in [6.07, 6.45) is 13.8. The minimum absolute atomic E-state index is 0.00970. The lowest BCUT2D eigenvalue weighted by Gasteiger charge is -2.63. The predicted octanol–water partition coefficient (Wildman–Crippen LogP) is 4.78.